The zero-order valence-corrected chi connectivity index (χ0v) is 15.8. The first-order valence-electron chi connectivity index (χ1n) is 9.79. The number of amides is 2. The fourth-order valence-electron chi connectivity index (χ4n) is 4.00. The molecule has 2 aliphatic rings. The van der Waals surface area contributed by atoms with Gasteiger partial charge in [-0.1, -0.05) is 18.2 Å². The topological polar surface area (TPSA) is 84.7 Å². The van der Waals surface area contributed by atoms with E-state index in [2.05, 4.69) is 10.2 Å². The van der Waals surface area contributed by atoms with Crippen molar-refractivity contribution in [1.82, 2.24) is 5.32 Å². The third kappa shape index (κ3) is 3.81. The van der Waals surface area contributed by atoms with Crippen LogP contribution in [0, 0.1) is 5.92 Å². The van der Waals surface area contributed by atoms with Gasteiger partial charge in [0, 0.05) is 36.3 Å². The number of para-hydroxylation sites is 1. The lowest BCUT2D eigenvalue weighted by atomic mass is 9.97. The van der Waals surface area contributed by atoms with E-state index in [0.717, 1.165) is 42.8 Å². The largest absolute Gasteiger partial charge is 0.493 e. The van der Waals surface area contributed by atoms with E-state index in [4.69, 9.17) is 10.5 Å². The number of rotatable bonds is 4. The molecule has 28 heavy (non-hydrogen) atoms. The van der Waals surface area contributed by atoms with Crippen LogP contribution in [0.4, 0.5) is 5.69 Å². The molecular weight excluding hydrogens is 354 g/mol. The molecule has 0 spiro atoms. The summed E-state index contributed by atoms with van der Waals surface area (Å²) in [6, 6.07) is 15.3. The summed E-state index contributed by atoms with van der Waals surface area (Å²) in [5, 5.41) is 3.12. The lowest BCUT2D eigenvalue weighted by molar-refractivity contribution is -0.122. The molecule has 2 aromatic rings. The smallest absolute Gasteiger partial charge is 0.251 e. The molecule has 0 unspecified atom stereocenters. The van der Waals surface area contributed by atoms with E-state index >= 15 is 0 Å². The van der Waals surface area contributed by atoms with Crippen molar-refractivity contribution in [2.75, 3.05) is 24.6 Å². The summed E-state index contributed by atoms with van der Waals surface area (Å²) in [5.74, 6) is 0.396. The van der Waals surface area contributed by atoms with Crippen molar-refractivity contribution < 1.29 is 14.3 Å². The fraction of sp³-hybridized carbons (Fsp3) is 0.364. The van der Waals surface area contributed by atoms with Crippen molar-refractivity contribution in [2.24, 2.45) is 11.7 Å². The molecule has 6 nitrogen and oxygen atoms in total. The summed E-state index contributed by atoms with van der Waals surface area (Å²) in [6.07, 6.45) is 2.54. The highest BCUT2D eigenvalue weighted by Crippen LogP contribution is 2.32. The molecule has 2 atom stereocenters. The summed E-state index contributed by atoms with van der Waals surface area (Å²) in [5.41, 5.74) is 8.12. The van der Waals surface area contributed by atoms with Crippen LogP contribution in [0.5, 0.6) is 5.75 Å². The Labute approximate surface area is 164 Å². The maximum Gasteiger partial charge on any atom is 0.251 e. The number of ether oxygens (including phenoxy) is 1. The van der Waals surface area contributed by atoms with E-state index in [1.165, 1.54) is 0 Å². The first-order chi connectivity index (χ1) is 13.6. The second-order valence-corrected chi connectivity index (χ2v) is 7.44. The van der Waals surface area contributed by atoms with Gasteiger partial charge < -0.3 is 20.7 Å². The lowest BCUT2D eigenvalue weighted by Gasteiger charge is -2.33. The van der Waals surface area contributed by atoms with Crippen LogP contribution >= 0.6 is 0 Å². The molecule has 0 aliphatic carbocycles. The quantitative estimate of drug-likeness (QED) is 0.855. The molecule has 2 aliphatic heterocycles. The standard InChI is InChI=1S/C22H25N3O3/c23-21(26)16-4-3-12-25(14-16)17-9-7-15(8-10-17)22(27)24-19-11-13-28-20-6-2-1-5-18(19)20/h1-2,5-10,16,19H,3-4,11-14H2,(H2,23,26)(H,24,27)/t16-,19+/m0/s1. The molecule has 146 valence electrons. The van der Waals surface area contributed by atoms with Gasteiger partial charge in [0.15, 0.2) is 0 Å². The fourth-order valence-corrected chi connectivity index (χ4v) is 4.00. The van der Waals surface area contributed by atoms with E-state index in [9.17, 15) is 9.59 Å². The predicted octanol–water partition coefficient (Wildman–Crippen LogP) is 2.64. The maximum atomic E-state index is 12.7. The SMILES string of the molecule is NC(=O)[C@H]1CCCN(c2ccc(C(=O)N[C@@H]3CCOc4ccccc43)cc2)C1. The minimum absolute atomic E-state index is 0.0458. The number of nitrogens with one attached hydrogen (secondary N) is 1. The number of carbonyl (C=O) groups excluding carboxylic acids is 2. The van der Waals surface area contributed by atoms with Gasteiger partial charge >= 0.3 is 0 Å². The highest BCUT2D eigenvalue weighted by Gasteiger charge is 2.25. The Hall–Kier alpha value is -3.02. The summed E-state index contributed by atoms with van der Waals surface area (Å²) >= 11 is 0. The Bertz CT molecular complexity index is 866. The van der Waals surface area contributed by atoms with Crippen LogP contribution in [-0.4, -0.2) is 31.5 Å². The molecule has 4 rings (SSSR count). The van der Waals surface area contributed by atoms with Crippen LogP contribution in [-0.2, 0) is 4.79 Å². The molecule has 2 aromatic carbocycles. The Morgan fingerprint density at radius 2 is 1.86 bits per heavy atom. The monoisotopic (exact) mass is 379 g/mol. The average Bonchev–Trinajstić information content (AvgIpc) is 2.74. The van der Waals surface area contributed by atoms with E-state index in [1.54, 1.807) is 0 Å². The predicted molar refractivity (Wildman–Crippen MR) is 107 cm³/mol. The number of piperidine rings is 1. The number of benzene rings is 2. The minimum Gasteiger partial charge on any atom is -0.493 e. The molecule has 1 saturated heterocycles. The second-order valence-electron chi connectivity index (χ2n) is 7.44. The van der Waals surface area contributed by atoms with E-state index < -0.39 is 0 Å². The number of nitrogens with zero attached hydrogens (tertiary/aromatic N) is 1. The van der Waals surface area contributed by atoms with Crippen molar-refractivity contribution >= 4 is 17.5 Å². The normalized spacial score (nSPS) is 21.4. The third-order valence-corrected chi connectivity index (χ3v) is 5.58. The molecule has 6 heteroatoms. The van der Waals surface area contributed by atoms with Crippen LogP contribution in [0.3, 0.4) is 0 Å². The zero-order chi connectivity index (χ0) is 19.5. The highest BCUT2D eigenvalue weighted by molar-refractivity contribution is 5.94. The van der Waals surface area contributed by atoms with Crippen LogP contribution < -0.4 is 20.7 Å². The van der Waals surface area contributed by atoms with Crippen LogP contribution in [0.1, 0.15) is 41.2 Å². The molecule has 0 saturated carbocycles. The molecule has 3 N–H and O–H groups in total. The second kappa shape index (κ2) is 7.92. The number of nitrogens with two attached hydrogens (primary N) is 1. The van der Waals surface area contributed by atoms with Gasteiger partial charge in [0.1, 0.15) is 5.75 Å². The molecule has 1 fully saturated rings. The third-order valence-electron chi connectivity index (χ3n) is 5.58. The van der Waals surface area contributed by atoms with Crippen molar-refractivity contribution in [2.45, 2.75) is 25.3 Å². The number of hydrogen-bond acceptors (Lipinski definition) is 4. The van der Waals surface area contributed by atoms with Crippen LogP contribution in [0.2, 0.25) is 0 Å². The van der Waals surface area contributed by atoms with Crippen molar-refractivity contribution in [3.05, 3.63) is 59.7 Å². The Morgan fingerprint density at radius 3 is 2.64 bits per heavy atom. The summed E-state index contributed by atoms with van der Waals surface area (Å²) < 4.78 is 5.66. The van der Waals surface area contributed by atoms with Crippen molar-refractivity contribution in [1.29, 1.82) is 0 Å². The van der Waals surface area contributed by atoms with E-state index in [0.29, 0.717) is 18.7 Å². The summed E-state index contributed by atoms with van der Waals surface area (Å²) in [6.45, 7) is 2.13. The van der Waals surface area contributed by atoms with Crippen LogP contribution in [0.15, 0.2) is 48.5 Å². The Kier molecular flexibility index (Phi) is 5.19. The number of hydrogen-bond donors (Lipinski definition) is 2. The Balaban J connectivity index is 1.43. The first-order valence-corrected chi connectivity index (χ1v) is 9.79. The van der Waals surface area contributed by atoms with Crippen molar-refractivity contribution in [3.63, 3.8) is 0 Å². The molecule has 0 aromatic heterocycles. The maximum absolute atomic E-state index is 12.7. The van der Waals surface area contributed by atoms with Gasteiger partial charge in [-0.25, -0.2) is 0 Å². The van der Waals surface area contributed by atoms with Gasteiger partial charge in [-0.15, -0.1) is 0 Å². The number of carbonyl (C=O) groups is 2. The molecule has 2 heterocycles. The van der Waals surface area contributed by atoms with Crippen LogP contribution in [0.25, 0.3) is 0 Å². The van der Waals surface area contributed by atoms with Gasteiger partial charge in [0.2, 0.25) is 5.91 Å². The summed E-state index contributed by atoms with van der Waals surface area (Å²) in [7, 11) is 0. The van der Waals surface area contributed by atoms with Gasteiger partial charge in [0.25, 0.3) is 5.91 Å². The molecule has 0 bridgehead atoms. The van der Waals surface area contributed by atoms with Gasteiger partial charge in [-0.3, -0.25) is 9.59 Å². The van der Waals surface area contributed by atoms with E-state index in [-0.39, 0.29) is 23.8 Å². The number of primary amides is 1. The molecule has 0 radical (unpaired) electrons. The van der Waals surface area contributed by atoms with Crippen molar-refractivity contribution in [3.8, 4) is 5.75 Å². The highest BCUT2D eigenvalue weighted by atomic mass is 16.5. The minimum atomic E-state index is -0.238. The molecule has 2 amide bonds. The van der Waals surface area contributed by atoms with Gasteiger partial charge in [0.05, 0.1) is 18.6 Å². The summed E-state index contributed by atoms with van der Waals surface area (Å²) in [4.78, 5) is 26.4. The zero-order valence-electron chi connectivity index (χ0n) is 15.8. The lowest BCUT2D eigenvalue weighted by Crippen LogP contribution is -2.41. The van der Waals surface area contributed by atoms with Gasteiger partial charge in [-0.05, 0) is 43.2 Å². The number of fused-ring (bicyclic) bond motifs is 1. The van der Waals surface area contributed by atoms with Gasteiger partial charge in [-0.2, -0.15) is 0 Å². The average molecular weight is 379 g/mol. The number of anilines is 1. The Morgan fingerprint density at radius 1 is 1.07 bits per heavy atom. The molecular formula is C22H25N3O3. The first kappa shape index (κ1) is 18.3. The van der Waals surface area contributed by atoms with E-state index in [1.807, 2.05) is 48.5 Å².